The molecule has 1 aromatic heterocycles. The maximum Gasteiger partial charge on any atom is 0.257 e. The number of carbonyl (C=O) groups is 1. The van der Waals surface area contributed by atoms with Gasteiger partial charge < -0.3 is 25.2 Å². The fraction of sp³-hybridized carbons (Fsp3) is 0.478. The van der Waals surface area contributed by atoms with E-state index in [1.54, 1.807) is 17.3 Å². The van der Waals surface area contributed by atoms with E-state index < -0.39 is 17.8 Å². The summed E-state index contributed by atoms with van der Waals surface area (Å²) in [6.07, 6.45) is 3.94. The number of piperidine rings is 1. The molecule has 0 aliphatic carbocycles. The number of hydrogen-bond acceptors (Lipinski definition) is 6. The Hall–Kier alpha value is -2.48. The average molecular weight is 412 g/mol. The first-order valence-corrected chi connectivity index (χ1v) is 10.6. The van der Waals surface area contributed by atoms with Gasteiger partial charge in [0.1, 0.15) is 6.10 Å². The van der Waals surface area contributed by atoms with Crippen LogP contribution < -0.4 is 5.32 Å². The van der Waals surface area contributed by atoms with E-state index in [0.29, 0.717) is 44.5 Å². The lowest BCUT2D eigenvalue weighted by Crippen LogP contribution is -2.60. The zero-order valence-corrected chi connectivity index (χ0v) is 17.0. The van der Waals surface area contributed by atoms with Crippen molar-refractivity contribution >= 4 is 11.6 Å². The molecule has 1 aromatic carbocycles. The van der Waals surface area contributed by atoms with E-state index in [0.717, 1.165) is 18.7 Å². The highest BCUT2D eigenvalue weighted by Gasteiger charge is 2.48. The largest absolute Gasteiger partial charge is 0.390 e. The number of hydrogen-bond donors (Lipinski definition) is 3. The maximum absolute atomic E-state index is 13.2. The van der Waals surface area contributed by atoms with Gasteiger partial charge in [0, 0.05) is 32.0 Å². The Kier molecular flexibility index (Phi) is 6.32. The van der Waals surface area contributed by atoms with Gasteiger partial charge in [0.25, 0.3) is 5.91 Å². The van der Waals surface area contributed by atoms with E-state index in [2.05, 4.69) is 22.4 Å². The first kappa shape index (κ1) is 20.8. The van der Waals surface area contributed by atoms with Gasteiger partial charge in [-0.25, -0.2) is 0 Å². The summed E-state index contributed by atoms with van der Waals surface area (Å²) in [5.74, 6) is -0.0778. The Labute approximate surface area is 176 Å². The molecule has 0 saturated carbocycles. The first-order chi connectivity index (χ1) is 14.6. The number of rotatable bonds is 5. The van der Waals surface area contributed by atoms with Crippen LogP contribution in [0, 0.1) is 0 Å². The zero-order valence-electron chi connectivity index (χ0n) is 17.0. The molecule has 3 heterocycles. The third-order valence-corrected chi connectivity index (χ3v) is 6.23. The highest BCUT2D eigenvalue weighted by molar-refractivity contribution is 5.99. The molecule has 2 aliphatic rings. The van der Waals surface area contributed by atoms with Crippen molar-refractivity contribution in [3.8, 4) is 0 Å². The van der Waals surface area contributed by atoms with Crippen molar-refractivity contribution in [3.05, 3.63) is 59.9 Å². The fourth-order valence-corrected chi connectivity index (χ4v) is 4.38. The predicted molar refractivity (Wildman–Crippen MR) is 113 cm³/mol. The summed E-state index contributed by atoms with van der Waals surface area (Å²) in [6.45, 7) is 2.10. The van der Waals surface area contributed by atoms with Crippen LogP contribution in [0.5, 0.6) is 0 Å². The average Bonchev–Trinajstić information content (AvgIpc) is 2.79. The van der Waals surface area contributed by atoms with E-state index in [1.165, 1.54) is 5.56 Å². The molecule has 1 amide bonds. The number of anilines is 1. The van der Waals surface area contributed by atoms with Crippen LogP contribution in [0.1, 0.15) is 35.2 Å². The molecule has 160 valence electrons. The monoisotopic (exact) mass is 411 g/mol. The maximum atomic E-state index is 13.2. The smallest absolute Gasteiger partial charge is 0.257 e. The second kappa shape index (κ2) is 9.12. The Balaban J connectivity index is 1.38. The molecule has 0 unspecified atom stereocenters. The van der Waals surface area contributed by atoms with Crippen LogP contribution in [0.4, 0.5) is 5.69 Å². The third kappa shape index (κ3) is 4.33. The van der Waals surface area contributed by atoms with E-state index in [9.17, 15) is 15.0 Å². The van der Waals surface area contributed by atoms with Gasteiger partial charge in [-0.3, -0.25) is 9.78 Å². The molecule has 0 bridgehead atoms. The number of aliphatic hydroxyl groups excluding tert-OH is 2. The lowest BCUT2D eigenvalue weighted by Gasteiger charge is -2.48. The summed E-state index contributed by atoms with van der Waals surface area (Å²) >= 11 is 0. The fourth-order valence-electron chi connectivity index (χ4n) is 4.38. The summed E-state index contributed by atoms with van der Waals surface area (Å²) < 4.78 is 5.87. The van der Waals surface area contributed by atoms with E-state index in [4.69, 9.17) is 4.74 Å². The van der Waals surface area contributed by atoms with Gasteiger partial charge in [-0.05, 0) is 37.3 Å². The Morgan fingerprint density at radius 2 is 1.97 bits per heavy atom. The van der Waals surface area contributed by atoms with Crippen LogP contribution in [0.2, 0.25) is 0 Å². The SMILES string of the molecule is O=C(c1cnccc1NCCc1ccccc1)N1CCC2(CC1)OCC[C@H](O)[C@@H]2O. The third-order valence-electron chi connectivity index (χ3n) is 6.23. The van der Waals surface area contributed by atoms with Crippen LogP contribution in [0.3, 0.4) is 0 Å². The molecular formula is C23H29N3O4. The lowest BCUT2D eigenvalue weighted by atomic mass is 9.80. The van der Waals surface area contributed by atoms with Gasteiger partial charge in [0.2, 0.25) is 0 Å². The Morgan fingerprint density at radius 1 is 1.20 bits per heavy atom. The Bertz CT molecular complexity index is 853. The van der Waals surface area contributed by atoms with Gasteiger partial charge in [0.05, 0.1) is 29.6 Å². The van der Waals surface area contributed by atoms with Crippen LogP contribution >= 0.6 is 0 Å². The minimum atomic E-state index is -0.905. The van der Waals surface area contributed by atoms with E-state index >= 15 is 0 Å². The summed E-state index contributed by atoms with van der Waals surface area (Å²) in [7, 11) is 0. The van der Waals surface area contributed by atoms with Crippen molar-refractivity contribution in [1.82, 2.24) is 9.88 Å². The number of carbonyl (C=O) groups excluding carboxylic acids is 1. The van der Waals surface area contributed by atoms with Gasteiger partial charge in [-0.2, -0.15) is 0 Å². The number of nitrogens with zero attached hydrogens (tertiary/aromatic N) is 2. The van der Waals surface area contributed by atoms with Crippen molar-refractivity contribution < 1.29 is 19.7 Å². The number of pyridine rings is 1. The first-order valence-electron chi connectivity index (χ1n) is 10.6. The molecule has 1 spiro atoms. The zero-order chi connectivity index (χ0) is 21.0. The number of aromatic nitrogens is 1. The summed E-state index contributed by atoms with van der Waals surface area (Å²) in [6, 6.07) is 12.0. The molecule has 30 heavy (non-hydrogen) atoms. The molecule has 7 heteroatoms. The van der Waals surface area contributed by atoms with E-state index in [1.807, 2.05) is 24.3 Å². The number of likely N-dealkylation sites (tertiary alicyclic amines) is 1. The minimum Gasteiger partial charge on any atom is -0.390 e. The molecule has 2 fully saturated rings. The van der Waals surface area contributed by atoms with Gasteiger partial charge in [-0.1, -0.05) is 30.3 Å². The molecule has 2 aromatic rings. The number of nitrogens with one attached hydrogen (secondary N) is 1. The molecular weight excluding hydrogens is 382 g/mol. The molecule has 4 rings (SSSR count). The van der Waals surface area contributed by atoms with Crippen molar-refractivity contribution in [2.24, 2.45) is 0 Å². The van der Waals surface area contributed by atoms with Crippen molar-refractivity contribution in [3.63, 3.8) is 0 Å². The summed E-state index contributed by atoms with van der Waals surface area (Å²) in [5.41, 5.74) is 1.81. The van der Waals surface area contributed by atoms with Crippen LogP contribution in [0.15, 0.2) is 48.8 Å². The topological polar surface area (TPSA) is 94.9 Å². The highest BCUT2D eigenvalue weighted by Crippen LogP contribution is 2.36. The number of aliphatic hydroxyl groups is 2. The number of ether oxygens (including phenoxy) is 1. The van der Waals surface area contributed by atoms with Crippen molar-refractivity contribution in [2.75, 3.05) is 31.6 Å². The predicted octanol–water partition coefficient (Wildman–Crippen LogP) is 1.85. The van der Waals surface area contributed by atoms with Crippen LogP contribution in [0.25, 0.3) is 0 Å². The highest BCUT2D eigenvalue weighted by atomic mass is 16.5. The standard InChI is InChI=1S/C23H29N3O4/c27-20-8-15-30-23(21(20)28)9-13-26(14-10-23)22(29)18-16-24-11-7-19(18)25-12-6-17-4-2-1-3-5-17/h1-5,7,11,16,20-21,27-28H,6,8-10,12-15H2,(H,24,25)/t20-,21-/m0/s1. The molecule has 2 saturated heterocycles. The van der Waals surface area contributed by atoms with Crippen molar-refractivity contribution in [1.29, 1.82) is 0 Å². The second-order valence-electron chi connectivity index (χ2n) is 8.09. The molecule has 3 N–H and O–H groups in total. The summed E-state index contributed by atoms with van der Waals surface area (Å²) in [5, 5.41) is 23.8. The molecule has 2 aliphatic heterocycles. The normalized spacial score (nSPS) is 23.3. The molecule has 0 radical (unpaired) electrons. The molecule has 2 atom stereocenters. The van der Waals surface area contributed by atoms with Crippen LogP contribution in [-0.4, -0.2) is 70.1 Å². The van der Waals surface area contributed by atoms with Crippen molar-refractivity contribution in [2.45, 2.75) is 43.5 Å². The van der Waals surface area contributed by atoms with Crippen LogP contribution in [-0.2, 0) is 11.2 Å². The van der Waals surface area contributed by atoms with Gasteiger partial charge in [-0.15, -0.1) is 0 Å². The Morgan fingerprint density at radius 3 is 2.73 bits per heavy atom. The number of amides is 1. The van der Waals surface area contributed by atoms with Gasteiger partial charge >= 0.3 is 0 Å². The van der Waals surface area contributed by atoms with Gasteiger partial charge in [0.15, 0.2) is 0 Å². The second-order valence-corrected chi connectivity index (χ2v) is 8.09. The summed E-state index contributed by atoms with van der Waals surface area (Å²) in [4.78, 5) is 19.1. The minimum absolute atomic E-state index is 0.0778. The van der Waals surface area contributed by atoms with E-state index in [-0.39, 0.29) is 5.91 Å². The quantitative estimate of drug-likeness (QED) is 0.695. The lowest BCUT2D eigenvalue weighted by molar-refractivity contribution is -0.212. The number of benzene rings is 1. The molecule has 7 nitrogen and oxygen atoms in total.